The van der Waals surface area contributed by atoms with E-state index in [2.05, 4.69) is 206 Å². The molecule has 9 aromatic rings. The van der Waals surface area contributed by atoms with Gasteiger partial charge in [0.2, 0.25) is 0 Å². The van der Waals surface area contributed by atoms with Gasteiger partial charge in [0.15, 0.2) is 0 Å². The van der Waals surface area contributed by atoms with Gasteiger partial charge >= 0.3 is 0 Å². The summed E-state index contributed by atoms with van der Waals surface area (Å²) >= 11 is 3.77. The zero-order chi connectivity index (χ0) is 35.8. The Balaban J connectivity index is 1.31. The molecule has 258 valence electrons. The van der Waals surface area contributed by atoms with E-state index in [1.165, 1.54) is 52.2 Å². The molecular weight excluding hydrogens is 673 g/mol. The molecule has 4 aromatic heterocycles. The van der Waals surface area contributed by atoms with E-state index in [1.54, 1.807) is 0 Å². The van der Waals surface area contributed by atoms with Crippen molar-refractivity contribution >= 4 is 97.7 Å². The smallest absolute Gasteiger partial charge is 0.103 e. The van der Waals surface area contributed by atoms with Crippen LogP contribution in [0.3, 0.4) is 0 Å². The van der Waals surface area contributed by atoms with Crippen molar-refractivity contribution in [2.45, 2.75) is 52.6 Å². The Kier molecular flexibility index (Phi) is 7.61. The number of nitrogens with zero attached hydrogens (tertiary/aromatic N) is 4. The molecule has 0 amide bonds. The number of fused-ring (bicyclic) bond motifs is 6. The summed E-state index contributed by atoms with van der Waals surface area (Å²) in [5, 5.41) is 5.03. The first kappa shape index (κ1) is 32.6. The Morgan fingerprint density at radius 3 is 0.942 bits per heavy atom. The average Bonchev–Trinajstić information content (AvgIpc) is 3.88. The first-order valence-electron chi connectivity index (χ1n) is 18.0. The van der Waals surface area contributed by atoms with Crippen LogP contribution in [0.2, 0.25) is 0 Å². The number of hydrogen-bond donors (Lipinski definition) is 0. The number of anilines is 6. The van der Waals surface area contributed by atoms with Crippen LogP contribution in [0.1, 0.15) is 41.5 Å². The molecule has 0 saturated heterocycles. The predicted molar refractivity (Wildman–Crippen MR) is 228 cm³/mol. The molecule has 4 heterocycles. The van der Waals surface area contributed by atoms with Crippen LogP contribution in [0.15, 0.2) is 146 Å². The second-order valence-corrected chi connectivity index (χ2v) is 17.6. The van der Waals surface area contributed by atoms with Crippen molar-refractivity contribution in [2.75, 3.05) is 9.80 Å². The van der Waals surface area contributed by atoms with Crippen LogP contribution in [0.5, 0.6) is 0 Å². The van der Waals surface area contributed by atoms with Gasteiger partial charge in [-0.2, -0.15) is 0 Å². The minimum absolute atomic E-state index is 0.139. The van der Waals surface area contributed by atoms with Gasteiger partial charge in [-0.05, 0) is 114 Å². The van der Waals surface area contributed by atoms with Gasteiger partial charge in [-0.15, -0.1) is 22.7 Å². The van der Waals surface area contributed by atoms with Gasteiger partial charge in [-0.25, -0.2) is 0 Å². The average molecular weight is 715 g/mol. The summed E-state index contributed by atoms with van der Waals surface area (Å²) in [6.45, 7) is 14.0. The van der Waals surface area contributed by atoms with E-state index in [4.69, 9.17) is 0 Å². The number of benzene rings is 5. The molecule has 0 bridgehead atoms. The molecule has 4 nitrogen and oxygen atoms in total. The highest BCUT2D eigenvalue weighted by Crippen LogP contribution is 2.50. The van der Waals surface area contributed by atoms with Crippen molar-refractivity contribution in [3.63, 3.8) is 0 Å². The SMILES string of the molecule is CC(C)(C)n1c2cc3c4sc(N(c5ccccc5)c5ccccc5)cc4n(C(C)(C)C)c3cc2c2sc(N(c3ccccc3)c3ccccc3)cc21. The molecular formula is C46H42N4S2. The monoisotopic (exact) mass is 714 g/mol. The van der Waals surface area contributed by atoms with Crippen molar-refractivity contribution in [3.05, 3.63) is 146 Å². The maximum Gasteiger partial charge on any atom is 0.103 e. The van der Waals surface area contributed by atoms with Gasteiger partial charge in [0.1, 0.15) is 10.0 Å². The lowest BCUT2D eigenvalue weighted by atomic mass is 10.1. The Morgan fingerprint density at radius 2 is 0.673 bits per heavy atom. The summed E-state index contributed by atoms with van der Waals surface area (Å²) in [6.07, 6.45) is 0. The largest absolute Gasteiger partial charge is 0.334 e. The van der Waals surface area contributed by atoms with E-state index in [0.29, 0.717) is 0 Å². The predicted octanol–water partition coefficient (Wildman–Crippen LogP) is 14.5. The van der Waals surface area contributed by atoms with Gasteiger partial charge < -0.3 is 18.9 Å². The quantitative estimate of drug-likeness (QED) is 0.170. The molecule has 0 N–H and O–H groups in total. The van der Waals surface area contributed by atoms with E-state index < -0.39 is 0 Å². The molecule has 0 aliphatic heterocycles. The van der Waals surface area contributed by atoms with E-state index in [1.807, 2.05) is 22.7 Å². The molecule has 0 aliphatic rings. The lowest BCUT2D eigenvalue weighted by molar-refractivity contribution is 0.422. The van der Waals surface area contributed by atoms with Crippen molar-refractivity contribution in [1.29, 1.82) is 0 Å². The zero-order valence-corrected chi connectivity index (χ0v) is 32.1. The Bertz CT molecular complexity index is 2420. The summed E-state index contributed by atoms with van der Waals surface area (Å²) in [5.41, 5.74) is 9.46. The molecule has 52 heavy (non-hydrogen) atoms. The maximum absolute atomic E-state index is 2.57. The molecule has 0 spiro atoms. The van der Waals surface area contributed by atoms with Gasteiger partial charge in [0, 0.05) is 44.6 Å². The minimum Gasteiger partial charge on any atom is -0.334 e. The number of hydrogen-bond acceptors (Lipinski definition) is 4. The number of rotatable bonds is 6. The first-order chi connectivity index (χ1) is 25.1. The van der Waals surface area contributed by atoms with Gasteiger partial charge in [-0.1, -0.05) is 72.8 Å². The number of aromatic nitrogens is 2. The van der Waals surface area contributed by atoms with Gasteiger partial charge in [0.05, 0.1) is 31.5 Å². The maximum atomic E-state index is 2.57. The lowest BCUT2D eigenvalue weighted by Crippen LogP contribution is -2.21. The third-order valence-corrected chi connectivity index (χ3v) is 12.1. The van der Waals surface area contributed by atoms with E-state index >= 15 is 0 Å². The highest BCUT2D eigenvalue weighted by atomic mass is 32.1. The molecule has 0 unspecified atom stereocenters. The number of para-hydroxylation sites is 4. The van der Waals surface area contributed by atoms with Crippen molar-refractivity contribution in [1.82, 2.24) is 9.13 Å². The first-order valence-corrected chi connectivity index (χ1v) is 19.6. The summed E-state index contributed by atoms with van der Waals surface area (Å²) in [6, 6.07) is 52.7. The second-order valence-electron chi connectivity index (χ2n) is 15.5. The molecule has 0 radical (unpaired) electrons. The van der Waals surface area contributed by atoms with Crippen LogP contribution < -0.4 is 9.80 Å². The van der Waals surface area contributed by atoms with Crippen LogP contribution >= 0.6 is 22.7 Å². The number of thiophene rings is 2. The van der Waals surface area contributed by atoms with Gasteiger partial charge in [-0.3, -0.25) is 0 Å². The molecule has 9 rings (SSSR count). The van der Waals surface area contributed by atoms with E-state index in [9.17, 15) is 0 Å². The fraction of sp³-hybridized carbons (Fsp3) is 0.174. The molecule has 6 heteroatoms. The zero-order valence-electron chi connectivity index (χ0n) is 30.5. The van der Waals surface area contributed by atoms with Crippen molar-refractivity contribution in [2.24, 2.45) is 0 Å². The highest BCUT2D eigenvalue weighted by Gasteiger charge is 2.29. The van der Waals surface area contributed by atoms with Gasteiger partial charge in [0.25, 0.3) is 0 Å². The Morgan fingerprint density at radius 1 is 0.385 bits per heavy atom. The van der Waals surface area contributed by atoms with E-state index in [-0.39, 0.29) is 11.1 Å². The van der Waals surface area contributed by atoms with Crippen molar-refractivity contribution < 1.29 is 0 Å². The topological polar surface area (TPSA) is 16.3 Å². The lowest BCUT2D eigenvalue weighted by Gasteiger charge is -2.26. The molecule has 5 aromatic carbocycles. The fourth-order valence-electron chi connectivity index (χ4n) is 7.81. The highest BCUT2D eigenvalue weighted by molar-refractivity contribution is 7.24. The normalized spacial score (nSPS) is 12.4. The molecule has 0 aliphatic carbocycles. The standard InChI is InChI=1S/C46H42N4S2/c1-45(2,3)49-37-27-36-38(28-35(37)43-39(49)29-41(51-43)47(31-19-11-7-12-20-31)32-21-13-8-14-22-32)50(46(4,5)6)40-30-42(52-44(36)40)48(33-23-15-9-16-24-33)34-25-17-10-18-26-34/h7-30H,1-6H3. The Hall–Kier alpha value is -5.30. The van der Waals surface area contributed by atoms with Crippen LogP contribution in [-0.2, 0) is 11.1 Å². The Labute approximate surface area is 313 Å². The van der Waals surface area contributed by atoms with Crippen LogP contribution in [0.25, 0.3) is 42.2 Å². The third-order valence-electron chi connectivity index (χ3n) is 9.81. The van der Waals surface area contributed by atoms with Crippen LogP contribution in [-0.4, -0.2) is 9.13 Å². The molecule has 0 saturated carbocycles. The molecule has 0 fully saturated rings. The van der Waals surface area contributed by atoms with Crippen molar-refractivity contribution in [3.8, 4) is 0 Å². The van der Waals surface area contributed by atoms with Crippen LogP contribution in [0, 0.1) is 0 Å². The second kappa shape index (κ2) is 12.1. The fourth-order valence-corrected chi connectivity index (χ4v) is 10.2. The summed E-state index contributed by atoms with van der Waals surface area (Å²) < 4.78 is 7.79. The summed E-state index contributed by atoms with van der Waals surface area (Å²) in [7, 11) is 0. The van der Waals surface area contributed by atoms with E-state index in [0.717, 1.165) is 22.7 Å². The molecule has 0 atom stereocenters. The summed E-state index contributed by atoms with van der Waals surface area (Å²) in [4.78, 5) is 4.78. The third kappa shape index (κ3) is 5.32. The minimum atomic E-state index is -0.139. The summed E-state index contributed by atoms with van der Waals surface area (Å²) in [5.74, 6) is 0. The van der Waals surface area contributed by atoms with Crippen LogP contribution in [0.4, 0.5) is 32.8 Å².